The van der Waals surface area contributed by atoms with Gasteiger partial charge in [0.1, 0.15) is 5.01 Å². The Bertz CT molecular complexity index is 582. The highest BCUT2D eigenvalue weighted by atomic mass is 35.5. The summed E-state index contributed by atoms with van der Waals surface area (Å²) >= 11 is 8.88. The van der Waals surface area contributed by atoms with Gasteiger partial charge >= 0.3 is 0 Å². The monoisotopic (exact) mass is 330 g/mol. The normalized spacial score (nSPS) is 12.3. The van der Waals surface area contributed by atoms with Gasteiger partial charge in [-0.15, -0.1) is 22.7 Å². The van der Waals surface area contributed by atoms with Crippen LogP contribution in [0.15, 0.2) is 17.5 Å². The fourth-order valence-electron chi connectivity index (χ4n) is 1.69. The molecule has 108 valence electrons. The van der Waals surface area contributed by atoms with Crippen molar-refractivity contribution in [1.82, 2.24) is 10.3 Å². The summed E-state index contributed by atoms with van der Waals surface area (Å²) in [5.41, 5.74) is 0.753. The van der Waals surface area contributed by atoms with E-state index in [1.54, 1.807) is 0 Å². The molecule has 0 bridgehead atoms. The largest absolute Gasteiger partial charge is 0.396 e. The molecule has 0 spiro atoms. The molecule has 1 atom stereocenters. The Kier molecular flexibility index (Phi) is 5.54. The average Bonchev–Trinajstić information content (AvgIpc) is 2.98. The van der Waals surface area contributed by atoms with Gasteiger partial charge in [-0.05, 0) is 25.5 Å². The number of carbonyl (C=O) groups is 1. The van der Waals surface area contributed by atoms with Crippen molar-refractivity contribution in [1.29, 1.82) is 0 Å². The van der Waals surface area contributed by atoms with E-state index in [0.29, 0.717) is 6.42 Å². The molecule has 2 rings (SSSR count). The minimum atomic E-state index is -0.0768. The fraction of sp³-hybridized carbons (Fsp3) is 0.385. The topological polar surface area (TPSA) is 62.2 Å². The molecular weight excluding hydrogens is 316 g/mol. The number of hydrogen-bond acceptors (Lipinski definition) is 5. The van der Waals surface area contributed by atoms with E-state index in [1.807, 2.05) is 24.4 Å². The molecule has 0 saturated heterocycles. The van der Waals surface area contributed by atoms with E-state index in [9.17, 15) is 4.79 Å². The van der Waals surface area contributed by atoms with Crippen molar-refractivity contribution in [3.05, 3.63) is 27.5 Å². The predicted octanol–water partition coefficient (Wildman–Crippen LogP) is 2.95. The zero-order valence-corrected chi connectivity index (χ0v) is 13.3. The standard InChI is InChI=1S/C13H15ClN2O2S2/c1-8(4-5-17)15-12(18)6-9-7-19-13(16-9)10-2-3-11(14)20-10/h2-3,7-8,17H,4-6H2,1H3,(H,15,18). The number of hydrogen-bond donors (Lipinski definition) is 2. The minimum Gasteiger partial charge on any atom is -0.396 e. The van der Waals surface area contributed by atoms with Crippen molar-refractivity contribution in [3.8, 4) is 9.88 Å². The van der Waals surface area contributed by atoms with Crippen molar-refractivity contribution >= 4 is 40.2 Å². The summed E-state index contributed by atoms with van der Waals surface area (Å²) in [6.07, 6.45) is 0.813. The molecule has 1 amide bonds. The number of amides is 1. The van der Waals surface area contributed by atoms with Crippen LogP contribution in [0.2, 0.25) is 4.34 Å². The van der Waals surface area contributed by atoms with Crippen LogP contribution in [0, 0.1) is 0 Å². The third-order valence-electron chi connectivity index (χ3n) is 2.65. The van der Waals surface area contributed by atoms with Gasteiger partial charge in [0.15, 0.2) is 0 Å². The SMILES string of the molecule is CC(CCO)NC(=O)Cc1csc(-c2ccc(Cl)s2)n1. The van der Waals surface area contributed by atoms with Gasteiger partial charge in [-0.3, -0.25) is 4.79 Å². The van der Waals surface area contributed by atoms with Crippen molar-refractivity contribution in [2.24, 2.45) is 0 Å². The Balaban J connectivity index is 1.94. The smallest absolute Gasteiger partial charge is 0.226 e. The number of thiophene rings is 1. The van der Waals surface area contributed by atoms with Gasteiger partial charge in [0.05, 0.1) is 21.3 Å². The summed E-state index contributed by atoms with van der Waals surface area (Å²) in [6.45, 7) is 1.94. The number of aliphatic hydroxyl groups excluding tert-OH is 1. The van der Waals surface area contributed by atoms with Crippen molar-refractivity contribution in [3.63, 3.8) is 0 Å². The molecule has 0 aliphatic carbocycles. The van der Waals surface area contributed by atoms with Gasteiger partial charge in [-0.1, -0.05) is 11.6 Å². The highest BCUT2D eigenvalue weighted by molar-refractivity contribution is 7.23. The molecule has 2 aromatic rings. The minimum absolute atomic E-state index is 0.0262. The van der Waals surface area contributed by atoms with Gasteiger partial charge in [0.2, 0.25) is 5.91 Å². The predicted molar refractivity (Wildman–Crippen MR) is 83.4 cm³/mol. The first-order chi connectivity index (χ1) is 9.58. The lowest BCUT2D eigenvalue weighted by Crippen LogP contribution is -2.34. The van der Waals surface area contributed by atoms with E-state index in [0.717, 1.165) is 19.9 Å². The number of nitrogens with zero attached hydrogens (tertiary/aromatic N) is 1. The van der Waals surface area contributed by atoms with Crippen LogP contribution in [0.25, 0.3) is 9.88 Å². The van der Waals surface area contributed by atoms with E-state index in [-0.39, 0.29) is 25.0 Å². The van der Waals surface area contributed by atoms with E-state index < -0.39 is 0 Å². The van der Waals surface area contributed by atoms with E-state index in [1.165, 1.54) is 22.7 Å². The molecule has 0 radical (unpaired) electrons. The Morgan fingerprint density at radius 3 is 3.00 bits per heavy atom. The summed E-state index contributed by atoms with van der Waals surface area (Å²) < 4.78 is 0.729. The van der Waals surface area contributed by atoms with E-state index >= 15 is 0 Å². The second-order valence-electron chi connectivity index (χ2n) is 4.41. The van der Waals surface area contributed by atoms with Gasteiger partial charge in [0.25, 0.3) is 0 Å². The first-order valence-corrected chi connectivity index (χ1v) is 8.26. The molecule has 20 heavy (non-hydrogen) atoms. The van der Waals surface area contributed by atoms with Crippen LogP contribution in [-0.2, 0) is 11.2 Å². The van der Waals surface area contributed by atoms with Crippen molar-refractivity contribution in [2.75, 3.05) is 6.61 Å². The zero-order valence-electron chi connectivity index (χ0n) is 10.9. The number of halogens is 1. The molecule has 0 aliphatic heterocycles. The number of aliphatic hydroxyl groups is 1. The molecule has 2 aromatic heterocycles. The summed E-state index contributed by atoms with van der Waals surface area (Å²) in [5, 5.41) is 14.4. The number of nitrogens with one attached hydrogen (secondary N) is 1. The van der Waals surface area contributed by atoms with Gasteiger partial charge in [-0.2, -0.15) is 0 Å². The summed E-state index contributed by atoms with van der Waals surface area (Å²) in [5.74, 6) is -0.0768. The molecule has 7 heteroatoms. The molecule has 0 fully saturated rings. The average molecular weight is 331 g/mol. The Morgan fingerprint density at radius 2 is 2.35 bits per heavy atom. The van der Waals surface area contributed by atoms with Gasteiger partial charge in [0, 0.05) is 18.0 Å². The molecule has 2 heterocycles. The molecule has 1 unspecified atom stereocenters. The van der Waals surface area contributed by atoms with Crippen LogP contribution in [0.3, 0.4) is 0 Å². The van der Waals surface area contributed by atoms with Crippen LogP contribution in [-0.4, -0.2) is 28.6 Å². The molecular formula is C13H15ClN2O2S2. The molecule has 2 N–H and O–H groups in total. The number of rotatable bonds is 6. The molecule has 0 saturated carbocycles. The molecule has 0 aliphatic rings. The van der Waals surface area contributed by atoms with Gasteiger partial charge < -0.3 is 10.4 Å². The van der Waals surface area contributed by atoms with Crippen LogP contribution in [0.4, 0.5) is 0 Å². The highest BCUT2D eigenvalue weighted by Crippen LogP contribution is 2.32. The maximum Gasteiger partial charge on any atom is 0.226 e. The lowest BCUT2D eigenvalue weighted by atomic mass is 10.2. The van der Waals surface area contributed by atoms with Crippen LogP contribution in [0.1, 0.15) is 19.0 Å². The van der Waals surface area contributed by atoms with E-state index in [2.05, 4.69) is 10.3 Å². The summed E-state index contributed by atoms with van der Waals surface area (Å²) in [4.78, 5) is 17.3. The highest BCUT2D eigenvalue weighted by Gasteiger charge is 2.12. The number of thiazole rings is 1. The lowest BCUT2D eigenvalue weighted by molar-refractivity contribution is -0.121. The lowest BCUT2D eigenvalue weighted by Gasteiger charge is -2.11. The van der Waals surface area contributed by atoms with Crippen molar-refractivity contribution in [2.45, 2.75) is 25.8 Å². The fourth-order valence-corrected chi connectivity index (χ4v) is 3.62. The third kappa shape index (κ3) is 4.28. The van der Waals surface area contributed by atoms with Crippen LogP contribution >= 0.6 is 34.3 Å². The van der Waals surface area contributed by atoms with Crippen molar-refractivity contribution < 1.29 is 9.90 Å². The molecule has 4 nitrogen and oxygen atoms in total. The Hall–Kier alpha value is -0.950. The maximum absolute atomic E-state index is 11.8. The number of aromatic nitrogens is 1. The quantitative estimate of drug-likeness (QED) is 0.856. The third-order valence-corrected chi connectivity index (χ3v) is 4.94. The Morgan fingerprint density at radius 1 is 1.55 bits per heavy atom. The molecule has 0 aromatic carbocycles. The van der Waals surface area contributed by atoms with Gasteiger partial charge in [-0.25, -0.2) is 4.98 Å². The van der Waals surface area contributed by atoms with Crippen LogP contribution in [0.5, 0.6) is 0 Å². The first kappa shape index (κ1) is 15.4. The first-order valence-electron chi connectivity index (χ1n) is 6.19. The second-order valence-corrected chi connectivity index (χ2v) is 6.98. The van der Waals surface area contributed by atoms with Crippen LogP contribution < -0.4 is 5.32 Å². The Labute approximate surface area is 130 Å². The zero-order chi connectivity index (χ0) is 14.5. The summed E-state index contributed by atoms with van der Waals surface area (Å²) in [6, 6.07) is 3.74. The summed E-state index contributed by atoms with van der Waals surface area (Å²) in [7, 11) is 0. The number of carbonyl (C=O) groups excluding carboxylic acids is 1. The van der Waals surface area contributed by atoms with E-state index in [4.69, 9.17) is 16.7 Å². The second kappa shape index (κ2) is 7.17. The maximum atomic E-state index is 11.8.